The van der Waals surface area contributed by atoms with Gasteiger partial charge in [0.1, 0.15) is 23.7 Å². The van der Waals surface area contributed by atoms with Crippen LogP contribution in [0.15, 0.2) is 23.0 Å². The van der Waals surface area contributed by atoms with Crippen molar-refractivity contribution in [2.75, 3.05) is 13.6 Å². The molecular formula is C20H17FN4O6. The third kappa shape index (κ3) is 4.09. The monoisotopic (exact) mass is 428 g/mol. The summed E-state index contributed by atoms with van der Waals surface area (Å²) in [5.74, 6) is -4.31. The van der Waals surface area contributed by atoms with Crippen molar-refractivity contribution in [3.05, 3.63) is 62.3 Å². The first-order chi connectivity index (χ1) is 14.6. The lowest BCUT2D eigenvalue weighted by Gasteiger charge is -2.29. The van der Waals surface area contributed by atoms with Gasteiger partial charge in [0, 0.05) is 23.9 Å². The molecule has 3 N–H and O–H groups in total. The zero-order valence-corrected chi connectivity index (χ0v) is 16.3. The molecule has 0 aliphatic carbocycles. The fraction of sp³-hybridized carbons (Fsp3) is 0.250. The molecule has 1 aliphatic heterocycles. The van der Waals surface area contributed by atoms with Gasteiger partial charge in [-0.2, -0.15) is 5.26 Å². The van der Waals surface area contributed by atoms with Gasteiger partial charge in [-0.25, -0.2) is 4.39 Å². The fourth-order valence-corrected chi connectivity index (χ4v) is 3.31. The Balaban J connectivity index is 2.18. The molecule has 0 saturated carbocycles. The molecule has 0 saturated heterocycles. The van der Waals surface area contributed by atoms with Crippen LogP contribution in [0.3, 0.4) is 0 Å². The molecule has 1 aromatic carbocycles. The molecule has 1 aromatic heterocycles. The number of rotatable bonds is 5. The number of fused-ring (bicyclic) bond motifs is 1. The topological polar surface area (TPSA) is 153 Å². The number of carbonyl (C=O) groups excluding carboxylic acids is 2. The van der Waals surface area contributed by atoms with E-state index in [4.69, 9.17) is 10.4 Å². The van der Waals surface area contributed by atoms with Crippen molar-refractivity contribution in [2.45, 2.75) is 19.5 Å². The zero-order valence-electron chi connectivity index (χ0n) is 16.3. The number of carbonyl (C=O) groups is 3. The summed E-state index contributed by atoms with van der Waals surface area (Å²) in [5, 5.41) is 30.2. The molecule has 31 heavy (non-hydrogen) atoms. The predicted octanol–water partition coefficient (Wildman–Crippen LogP) is -0.0581. The van der Waals surface area contributed by atoms with Crippen molar-refractivity contribution in [1.29, 1.82) is 5.26 Å². The van der Waals surface area contributed by atoms with E-state index in [0.29, 0.717) is 0 Å². The number of carboxylic acids is 1. The van der Waals surface area contributed by atoms with Gasteiger partial charge < -0.3 is 25.0 Å². The number of aliphatic carboxylic acids is 1. The Morgan fingerprint density at radius 3 is 2.65 bits per heavy atom. The smallest absolute Gasteiger partial charge is 0.322 e. The average molecular weight is 428 g/mol. The van der Waals surface area contributed by atoms with E-state index in [1.54, 1.807) is 6.07 Å². The van der Waals surface area contributed by atoms with Crippen molar-refractivity contribution in [2.24, 2.45) is 0 Å². The van der Waals surface area contributed by atoms with Crippen molar-refractivity contribution in [1.82, 2.24) is 14.8 Å². The summed E-state index contributed by atoms with van der Waals surface area (Å²) in [5.41, 5.74) is -1.30. The van der Waals surface area contributed by atoms with Crippen molar-refractivity contribution in [3.8, 4) is 11.8 Å². The van der Waals surface area contributed by atoms with Crippen LogP contribution in [0.25, 0.3) is 0 Å². The van der Waals surface area contributed by atoms with Crippen molar-refractivity contribution < 1.29 is 29.0 Å². The van der Waals surface area contributed by atoms with E-state index in [0.717, 1.165) is 10.6 Å². The molecule has 160 valence electrons. The highest BCUT2D eigenvalue weighted by atomic mass is 19.1. The molecular weight excluding hydrogens is 411 g/mol. The Hall–Kier alpha value is -4.20. The maximum absolute atomic E-state index is 14.4. The molecule has 1 aliphatic rings. The van der Waals surface area contributed by atoms with E-state index in [2.05, 4.69) is 0 Å². The van der Waals surface area contributed by atoms with E-state index in [1.165, 1.54) is 24.1 Å². The average Bonchev–Trinajstić information content (AvgIpc) is 2.72. The third-order valence-electron chi connectivity index (χ3n) is 4.93. The SMILES string of the molecule is CN1Cc2c(c(O)c(C(=O)NCC(=O)O)c(=O)n2Cc2ccc(C#N)cc2F)CC1=O. The van der Waals surface area contributed by atoms with Gasteiger partial charge in [-0.3, -0.25) is 19.2 Å². The first-order valence-electron chi connectivity index (χ1n) is 9.04. The summed E-state index contributed by atoms with van der Waals surface area (Å²) < 4.78 is 15.5. The van der Waals surface area contributed by atoms with Crippen LogP contribution in [0.4, 0.5) is 4.39 Å². The molecule has 0 atom stereocenters. The van der Waals surface area contributed by atoms with Crippen LogP contribution in [0.2, 0.25) is 0 Å². The van der Waals surface area contributed by atoms with E-state index in [1.807, 2.05) is 5.32 Å². The molecule has 0 radical (unpaired) electrons. The van der Waals surface area contributed by atoms with Crippen LogP contribution >= 0.6 is 0 Å². The lowest BCUT2D eigenvalue weighted by Crippen LogP contribution is -2.42. The van der Waals surface area contributed by atoms with Gasteiger partial charge in [0.15, 0.2) is 0 Å². The number of benzene rings is 1. The Labute approximate surface area is 174 Å². The summed E-state index contributed by atoms with van der Waals surface area (Å²) in [7, 11) is 1.49. The lowest BCUT2D eigenvalue weighted by atomic mass is 9.99. The number of pyridine rings is 1. The predicted molar refractivity (Wildman–Crippen MR) is 103 cm³/mol. The van der Waals surface area contributed by atoms with Crippen LogP contribution in [0.5, 0.6) is 5.75 Å². The molecule has 10 nitrogen and oxygen atoms in total. The molecule has 3 rings (SSSR count). The van der Waals surface area contributed by atoms with Crippen molar-refractivity contribution in [3.63, 3.8) is 0 Å². The third-order valence-corrected chi connectivity index (χ3v) is 4.93. The molecule has 0 unspecified atom stereocenters. The first kappa shape index (κ1) is 21.5. The Bertz CT molecular complexity index is 1210. The Kier molecular flexibility index (Phi) is 5.74. The van der Waals surface area contributed by atoms with Gasteiger partial charge in [0.25, 0.3) is 11.5 Å². The number of carboxylic acid groups (broad SMARTS) is 1. The van der Waals surface area contributed by atoms with Crippen molar-refractivity contribution >= 4 is 17.8 Å². The van der Waals surface area contributed by atoms with Crippen LogP contribution in [-0.2, 0) is 29.1 Å². The molecule has 2 aromatic rings. The minimum Gasteiger partial charge on any atom is -0.507 e. The Morgan fingerprint density at radius 2 is 2.03 bits per heavy atom. The molecule has 0 bridgehead atoms. The number of aromatic nitrogens is 1. The number of nitrogens with zero attached hydrogens (tertiary/aromatic N) is 3. The number of likely N-dealkylation sites (N-methyl/N-ethyl adjacent to an activating group) is 1. The number of nitriles is 1. The highest BCUT2D eigenvalue weighted by molar-refractivity contribution is 5.99. The van der Waals surface area contributed by atoms with Crippen LogP contribution in [0.1, 0.15) is 32.7 Å². The summed E-state index contributed by atoms with van der Waals surface area (Å²) in [6.07, 6.45) is -0.299. The second-order valence-electron chi connectivity index (χ2n) is 6.96. The highest BCUT2D eigenvalue weighted by Gasteiger charge is 2.31. The summed E-state index contributed by atoms with van der Waals surface area (Å²) >= 11 is 0. The summed E-state index contributed by atoms with van der Waals surface area (Å²) in [4.78, 5) is 49.7. The number of aromatic hydroxyl groups is 1. The zero-order chi connectivity index (χ0) is 22.9. The molecule has 2 heterocycles. The lowest BCUT2D eigenvalue weighted by molar-refractivity contribution is -0.135. The van der Waals surface area contributed by atoms with Gasteiger partial charge in [-0.1, -0.05) is 6.07 Å². The summed E-state index contributed by atoms with van der Waals surface area (Å²) in [6, 6.07) is 5.49. The van der Waals surface area contributed by atoms with Gasteiger partial charge in [-0.15, -0.1) is 0 Å². The van der Waals surface area contributed by atoms with Gasteiger partial charge in [0.2, 0.25) is 5.91 Å². The van der Waals surface area contributed by atoms with E-state index < -0.39 is 41.1 Å². The molecule has 2 amide bonds. The number of hydrogen-bond donors (Lipinski definition) is 3. The molecule has 0 fully saturated rings. The first-order valence-corrected chi connectivity index (χ1v) is 9.04. The minimum absolute atomic E-state index is 0.0391. The molecule has 0 spiro atoms. The number of hydrogen-bond acceptors (Lipinski definition) is 6. The largest absolute Gasteiger partial charge is 0.507 e. The maximum atomic E-state index is 14.4. The maximum Gasteiger partial charge on any atom is 0.322 e. The van der Waals surface area contributed by atoms with Crippen LogP contribution in [0, 0.1) is 17.1 Å². The second kappa shape index (κ2) is 8.27. The van der Waals surface area contributed by atoms with Crippen LogP contribution in [-0.4, -0.2) is 51.1 Å². The number of halogens is 1. The second-order valence-corrected chi connectivity index (χ2v) is 6.96. The number of nitrogens with one attached hydrogen (secondary N) is 1. The van der Waals surface area contributed by atoms with E-state index in [-0.39, 0.29) is 47.8 Å². The number of amides is 2. The van der Waals surface area contributed by atoms with E-state index in [9.17, 15) is 28.7 Å². The van der Waals surface area contributed by atoms with Crippen LogP contribution < -0.4 is 10.9 Å². The summed E-state index contributed by atoms with van der Waals surface area (Å²) in [6.45, 7) is -1.19. The van der Waals surface area contributed by atoms with Gasteiger partial charge in [0.05, 0.1) is 31.1 Å². The minimum atomic E-state index is -1.36. The Morgan fingerprint density at radius 1 is 1.32 bits per heavy atom. The van der Waals surface area contributed by atoms with Gasteiger partial charge in [-0.05, 0) is 12.1 Å². The van der Waals surface area contributed by atoms with E-state index >= 15 is 0 Å². The quantitative estimate of drug-likeness (QED) is 0.603. The fourth-order valence-electron chi connectivity index (χ4n) is 3.31. The normalized spacial score (nSPS) is 12.8. The molecule has 11 heteroatoms. The highest BCUT2D eigenvalue weighted by Crippen LogP contribution is 2.29. The van der Waals surface area contributed by atoms with Gasteiger partial charge >= 0.3 is 5.97 Å². The standard InChI is InChI=1S/C20H17FN4O6/c1-24-9-14-12(5-15(24)26)18(29)17(19(30)23-7-16(27)28)20(31)25(14)8-11-3-2-10(6-22)4-13(11)21/h2-4,29H,5,7-9H2,1H3,(H,23,30)(H,27,28).